The molecule has 2 aromatic rings. The first kappa shape index (κ1) is 14.7. The molecule has 0 saturated carbocycles. The third-order valence-electron chi connectivity index (χ3n) is 4.17. The van der Waals surface area contributed by atoms with Gasteiger partial charge in [0.2, 0.25) is 0 Å². The van der Waals surface area contributed by atoms with Crippen molar-refractivity contribution >= 4 is 15.9 Å². The Labute approximate surface area is 132 Å². The van der Waals surface area contributed by atoms with Crippen LogP contribution in [0.1, 0.15) is 34.7 Å². The normalized spacial score (nSPS) is 15.0. The van der Waals surface area contributed by atoms with Crippen LogP contribution in [-0.2, 0) is 19.3 Å². The molecule has 3 N–H and O–H groups in total. The summed E-state index contributed by atoms with van der Waals surface area (Å²) in [6.07, 6.45) is 4.29. The molecule has 4 heteroatoms. The molecule has 0 radical (unpaired) electrons. The van der Waals surface area contributed by atoms with Gasteiger partial charge < -0.3 is 0 Å². The number of nitrogens with one attached hydrogen (secondary N) is 1. The van der Waals surface area contributed by atoms with Crippen molar-refractivity contribution in [1.82, 2.24) is 5.43 Å². The zero-order valence-corrected chi connectivity index (χ0v) is 13.3. The van der Waals surface area contributed by atoms with Crippen LogP contribution >= 0.6 is 15.9 Å². The number of halogens is 2. The van der Waals surface area contributed by atoms with Crippen LogP contribution in [0.15, 0.2) is 40.9 Å². The van der Waals surface area contributed by atoms with E-state index in [1.54, 1.807) is 6.07 Å². The van der Waals surface area contributed by atoms with Gasteiger partial charge in [-0.05, 0) is 60.1 Å². The first-order chi connectivity index (χ1) is 10.2. The van der Waals surface area contributed by atoms with Crippen molar-refractivity contribution in [3.8, 4) is 0 Å². The van der Waals surface area contributed by atoms with Crippen molar-refractivity contribution in [3.63, 3.8) is 0 Å². The van der Waals surface area contributed by atoms with Gasteiger partial charge in [-0.25, -0.2) is 4.39 Å². The second-order valence-electron chi connectivity index (χ2n) is 5.54. The molecule has 0 heterocycles. The summed E-state index contributed by atoms with van der Waals surface area (Å²) in [5.41, 5.74) is 8.01. The van der Waals surface area contributed by atoms with Crippen LogP contribution in [0.5, 0.6) is 0 Å². The average Bonchev–Trinajstić information content (AvgIpc) is 2.94. The number of hydrazine groups is 1. The van der Waals surface area contributed by atoms with Crippen LogP contribution in [-0.4, -0.2) is 0 Å². The van der Waals surface area contributed by atoms with Gasteiger partial charge in [-0.3, -0.25) is 11.3 Å². The molecular formula is C17H18BrFN2. The van der Waals surface area contributed by atoms with Gasteiger partial charge in [0.15, 0.2) is 0 Å². The summed E-state index contributed by atoms with van der Waals surface area (Å²) in [6, 6.07) is 11.4. The summed E-state index contributed by atoms with van der Waals surface area (Å²) in [5, 5.41) is 0. The number of aryl methyl sites for hydroxylation is 2. The number of nitrogens with two attached hydrogens (primary N) is 1. The largest absolute Gasteiger partial charge is 0.271 e. The minimum atomic E-state index is -0.236. The van der Waals surface area contributed by atoms with E-state index in [0.29, 0.717) is 0 Å². The van der Waals surface area contributed by atoms with Gasteiger partial charge in [0.1, 0.15) is 5.82 Å². The summed E-state index contributed by atoms with van der Waals surface area (Å²) in [7, 11) is 0. The van der Waals surface area contributed by atoms with Gasteiger partial charge in [0.25, 0.3) is 0 Å². The van der Waals surface area contributed by atoms with Gasteiger partial charge in [-0.1, -0.05) is 40.2 Å². The summed E-state index contributed by atoms with van der Waals surface area (Å²) >= 11 is 3.42. The molecule has 2 nitrogen and oxygen atoms in total. The molecule has 1 aliphatic carbocycles. The number of fused-ring (bicyclic) bond motifs is 1. The molecule has 0 bridgehead atoms. The van der Waals surface area contributed by atoms with Crippen molar-refractivity contribution in [1.29, 1.82) is 0 Å². The predicted molar refractivity (Wildman–Crippen MR) is 86.3 cm³/mol. The lowest BCUT2D eigenvalue weighted by molar-refractivity contribution is 0.549. The Bertz CT molecular complexity index is 657. The highest BCUT2D eigenvalue weighted by molar-refractivity contribution is 9.10. The molecule has 1 unspecified atom stereocenters. The van der Waals surface area contributed by atoms with E-state index in [4.69, 9.17) is 5.84 Å². The van der Waals surface area contributed by atoms with E-state index in [1.807, 2.05) is 0 Å². The van der Waals surface area contributed by atoms with E-state index >= 15 is 0 Å². The number of hydrogen-bond donors (Lipinski definition) is 2. The first-order valence-electron chi connectivity index (χ1n) is 7.19. The number of hydrogen-bond acceptors (Lipinski definition) is 2. The Morgan fingerprint density at radius 1 is 1.14 bits per heavy atom. The lowest BCUT2D eigenvalue weighted by Gasteiger charge is -2.18. The maximum Gasteiger partial charge on any atom is 0.124 e. The van der Waals surface area contributed by atoms with Gasteiger partial charge >= 0.3 is 0 Å². The standard InChI is InChI=1S/C17H18BrFN2/c18-16-10-15(19)7-6-13(16)9-17(21-20)14-5-4-11-2-1-3-12(11)8-14/h4-8,10,17,21H,1-3,9,20H2. The molecule has 0 aromatic heterocycles. The quantitative estimate of drug-likeness (QED) is 0.651. The maximum absolute atomic E-state index is 13.2. The Morgan fingerprint density at radius 3 is 2.71 bits per heavy atom. The zero-order chi connectivity index (χ0) is 14.8. The van der Waals surface area contributed by atoms with E-state index < -0.39 is 0 Å². The smallest absolute Gasteiger partial charge is 0.124 e. The van der Waals surface area contributed by atoms with Crippen molar-refractivity contribution in [2.24, 2.45) is 5.84 Å². The fourth-order valence-electron chi connectivity index (χ4n) is 2.99. The van der Waals surface area contributed by atoms with E-state index in [0.717, 1.165) is 22.9 Å². The molecular weight excluding hydrogens is 331 g/mol. The fourth-order valence-corrected chi connectivity index (χ4v) is 3.50. The molecule has 0 saturated heterocycles. The molecule has 0 spiro atoms. The molecule has 110 valence electrons. The zero-order valence-electron chi connectivity index (χ0n) is 11.7. The van der Waals surface area contributed by atoms with Crippen LogP contribution < -0.4 is 11.3 Å². The molecule has 3 rings (SSSR count). The summed E-state index contributed by atoms with van der Waals surface area (Å²) in [5.74, 6) is 5.50. The second-order valence-corrected chi connectivity index (χ2v) is 6.40. The Hall–Kier alpha value is -1.23. The molecule has 1 aliphatic rings. The molecule has 2 aromatic carbocycles. The SMILES string of the molecule is NNC(Cc1ccc(F)cc1Br)c1ccc2c(c1)CCC2. The third kappa shape index (κ3) is 3.18. The predicted octanol–water partition coefficient (Wildman–Crippen LogP) is 3.82. The van der Waals surface area contributed by atoms with Gasteiger partial charge in [0, 0.05) is 4.47 Å². The molecule has 0 fully saturated rings. The van der Waals surface area contributed by atoms with E-state index in [2.05, 4.69) is 39.6 Å². The fraction of sp³-hybridized carbons (Fsp3) is 0.294. The van der Waals surface area contributed by atoms with Crippen LogP contribution in [0.3, 0.4) is 0 Å². The van der Waals surface area contributed by atoms with Crippen LogP contribution in [0.2, 0.25) is 0 Å². The molecule has 0 aliphatic heterocycles. The van der Waals surface area contributed by atoms with Crippen molar-refractivity contribution < 1.29 is 4.39 Å². The summed E-state index contributed by atoms with van der Waals surface area (Å²) < 4.78 is 14.0. The number of rotatable bonds is 4. The Kier molecular flexibility index (Phi) is 4.38. The highest BCUT2D eigenvalue weighted by Crippen LogP contribution is 2.28. The van der Waals surface area contributed by atoms with Crippen molar-refractivity contribution in [2.45, 2.75) is 31.7 Å². The average molecular weight is 349 g/mol. The summed E-state index contributed by atoms with van der Waals surface area (Å²) in [4.78, 5) is 0. The second kappa shape index (κ2) is 6.26. The molecule has 0 amide bonds. The van der Waals surface area contributed by atoms with Crippen molar-refractivity contribution in [3.05, 3.63) is 68.9 Å². The first-order valence-corrected chi connectivity index (χ1v) is 7.98. The van der Waals surface area contributed by atoms with Crippen LogP contribution in [0, 0.1) is 5.82 Å². The highest BCUT2D eigenvalue weighted by atomic mass is 79.9. The van der Waals surface area contributed by atoms with Crippen molar-refractivity contribution in [2.75, 3.05) is 0 Å². The van der Waals surface area contributed by atoms with E-state index in [9.17, 15) is 4.39 Å². The topological polar surface area (TPSA) is 38.0 Å². The lowest BCUT2D eigenvalue weighted by atomic mass is 9.96. The lowest BCUT2D eigenvalue weighted by Crippen LogP contribution is -2.29. The van der Waals surface area contributed by atoms with Gasteiger partial charge in [-0.2, -0.15) is 0 Å². The molecule has 21 heavy (non-hydrogen) atoms. The third-order valence-corrected chi connectivity index (χ3v) is 4.90. The minimum Gasteiger partial charge on any atom is -0.271 e. The van der Waals surface area contributed by atoms with Gasteiger partial charge in [0.05, 0.1) is 6.04 Å². The van der Waals surface area contributed by atoms with E-state index in [-0.39, 0.29) is 11.9 Å². The Morgan fingerprint density at radius 2 is 1.95 bits per heavy atom. The highest BCUT2D eigenvalue weighted by Gasteiger charge is 2.16. The van der Waals surface area contributed by atoms with Gasteiger partial charge in [-0.15, -0.1) is 0 Å². The molecule has 1 atom stereocenters. The maximum atomic E-state index is 13.2. The number of benzene rings is 2. The Balaban J connectivity index is 1.85. The minimum absolute atomic E-state index is 0.0256. The summed E-state index contributed by atoms with van der Waals surface area (Å²) in [6.45, 7) is 0. The van der Waals surface area contributed by atoms with Crippen LogP contribution in [0.25, 0.3) is 0 Å². The monoisotopic (exact) mass is 348 g/mol. The van der Waals surface area contributed by atoms with E-state index in [1.165, 1.54) is 41.7 Å². The van der Waals surface area contributed by atoms with Crippen LogP contribution in [0.4, 0.5) is 4.39 Å².